The van der Waals surface area contributed by atoms with Crippen LogP contribution in [0.3, 0.4) is 0 Å². The SMILES string of the molecule is NC(=O)C(Cc1ccncc1)(NCCC1CCNCC1)c1cccc(Cl)c1Cl. The number of nitrogens with one attached hydrogen (secondary N) is 2. The average Bonchev–Trinajstić information content (AvgIpc) is 2.71. The number of piperidine rings is 1. The Balaban J connectivity index is 1.90. The number of carbonyl (C=O) groups is 1. The molecule has 0 spiro atoms. The van der Waals surface area contributed by atoms with E-state index in [4.69, 9.17) is 28.9 Å². The van der Waals surface area contributed by atoms with Crippen LogP contribution in [0.2, 0.25) is 10.0 Å². The molecule has 0 saturated carbocycles. The molecular formula is C21H26Cl2N4O. The van der Waals surface area contributed by atoms with Crippen LogP contribution >= 0.6 is 23.2 Å². The Morgan fingerprint density at radius 3 is 2.61 bits per heavy atom. The van der Waals surface area contributed by atoms with Crippen molar-refractivity contribution >= 4 is 29.1 Å². The molecule has 1 fully saturated rings. The summed E-state index contributed by atoms with van der Waals surface area (Å²) in [6, 6.07) is 9.08. The number of halogens is 2. The second-order valence-electron chi connectivity index (χ2n) is 7.31. The number of nitrogens with two attached hydrogens (primary N) is 1. The first-order chi connectivity index (χ1) is 13.5. The van der Waals surface area contributed by atoms with Crippen LogP contribution in [0.25, 0.3) is 0 Å². The molecule has 4 N–H and O–H groups in total. The number of benzene rings is 1. The van der Waals surface area contributed by atoms with Gasteiger partial charge in [-0.1, -0.05) is 35.3 Å². The molecule has 150 valence electrons. The lowest BCUT2D eigenvalue weighted by atomic mass is 9.82. The van der Waals surface area contributed by atoms with Gasteiger partial charge in [-0.2, -0.15) is 0 Å². The number of pyridine rings is 1. The minimum absolute atomic E-state index is 0.353. The zero-order chi connectivity index (χ0) is 20.0. The van der Waals surface area contributed by atoms with E-state index in [9.17, 15) is 4.79 Å². The van der Waals surface area contributed by atoms with E-state index in [1.165, 1.54) is 0 Å². The predicted molar refractivity (Wildman–Crippen MR) is 113 cm³/mol. The summed E-state index contributed by atoms with van der Waals surface area (Å²) in [6.07, 6.45) is 7.05. The Morgan fingerprint density at radius 1 is 1.21 bits per heavy atom. The number of hydrogen-bond acceptors (Lipinski definition) is 4. The first-order valence-electron chi connectivity index (χ1n) is 9.62. The van der Waals surface area contributed by atoms with E-state index in [-0.39, 0.29) is 0 Å². The monoisotopic (exact) mass is 420 g/mol. The fourth-order valence-electron chi connectivity index (χ4n) is 3.86. The molecule has 1 aromatic heterocycles. The number of aromatic nitrogens is 1. The van der Waals surface area contributed by atoms with Crippen molar-refractivity contribution in [3.63, 3.8) is 0 Å². The first kappa shape index (κ1) is 21.1. The first-order valence-corrected chi connectivity index (χ1v) is 10.4. The van der Waals surface area contributed by atoms with Gasteiger partial charge < -0.3 is 11.1 Å². The summed E-state index contributed by atoms with van der Waals surface area (Å²) in [5.74, 6) is 0.161. The summed E-state index contributed by atoms with van der Waals surface area (Å²) in [5.41, 5.74) is 6.37. The lowest BCUT2D eigenvalue weighted by Gasteiger charge is -2.34. The molecule has 1 atom stereocenters. The molecule has 1 unspecified atom stereocenters. The van der Waals surface area contributed by atoms with Crippen molar-refractivity contribution in [2.24, 2.45) is 11.7 Å². The topological polar surface area (TPSA) is 80.0 Å². The summed E-state index contributed by atoms with van der Waals surface area (Å²) < 4.78 is 0. The van der Waals surface area contributed by atoms with Crippen molar-refractivity contribution in [1.29, 1.82) is 0 Å². The van der Waals surface area contributed by atoms with Crippen molar-refractivity contribution in [3.05, 3.63) is 63.9 Å². The van der Waals surface area contributed by atoms with E-state index < -0.39 is 11.4 Å². The molecule has 2 heterocycles. The molecular weight excluding hydrogens is 395 g/mol. The van der Waals surface area contributed by atoms with Crippen LogP contribution in [0.5, 0.6) is 0 Å². The van der Waals surface area contributed by atoms with Gasteiger partial charge in [0.2, 0.25) is 5.91 Å². The van der Waals surface area contributed by atoms with Crippen LogP contribution in [0, 0.1) is 5.92 Å². The predicted octanol–water partition coefficient (Wildman–Crippen LogP) is 3.29. The minimum atomic E-state index is -1.14. The van der Waals surface area contributed by atoms with Crippen molar-refractivity contribution in [2.75, 3.05) is 19.6 Å². The van der Waals surface area contributed by atoms with Crippen LogP contribution in [0.4, 0.5) is 0 Å². The molecule has 0 radical (unpaired) electrons. The van der Waals surface area contributed by atoms with Crippen molar-refractivity contribution in [2.45, 2.75) is 31.2 Å². The molecule has 2 aromatic rings. The van der Waals surface area contributed by atoms with Crippen molar-refractivity contribution < 1.29 is 4.79 Å². The van der Waals surface area contributed by atoms with Crippen molar-refractivity contribution in [3.8, 4) is 0 Å². The van der Waals surface area contributed by atoms with Gasteiger partial charge in [0, 0.05) is 24.4 Å². The quantitative estimate of drug-likeness (QED) is 0.611. The number of carbonyl (C=O) groups excluding carboxylic acids is 1. The van der Waals surface area contributed by atoms with Gasteiger partial charge >= 0.3 is 0 Å². The van der Waals surface area contributed by atoms with Gasteiger partial charge in [-0.15, -0.1) is 0 Å². The highest BCUT2D eigenvalue weighted by Gasteiger charge is 2.40. The second-order valence-corrected chi connectivity index (χ2v) is 8.10. The Hall–Kier alpha value is -1.66. The summed E-state index contributed by atoms with van der Waals surface area (Å²) in [4.78, 5) is 16.9. The van der Waals surface area contributed by atoms with Gasteiger partial charge in [-0.05, 0) is 68.6 Å². The maximum Gasteiger partial charge on any atom is 0.242 e. The highest BCUT2D eigenvalue weighted by Crippen LogP contribution is 2.36. The van der Waals surface area contributed by atoms with E-state index in [0.717, 1.165) is 37.9 Å². The maximum absolute atomic E-state index is 12.8. The number of nitrogens with zero attached hydrogens (tertiary/aromatic N) is 1. The maximum atomic E-state index is 12.8. The lowest BCUT2D eigenvalue weighted by Crippen LogP contribution is -2.55. The summed E-state index contributed by atoms with van der Waals surface area (Å²) in [6.45, 7) is 2.76. The molecule has 1 aliphatic rings. The fourth-order valence-corrected chi connectivity index (χ4v) is 4.32. The minimum Gasteiger partial charge on any atom is -0.368 e. The van der Waals surface area contributed by atoms with E-state index in [1.54, 1.807) is 24.5 Å². The Labute approximate surface area is 176 Å². The number of hydrogen-bond donors (Lipinski definition) is 3. The molecule has 5 nitrogen and oxygen atoms in total. The highest BCUT2D eigenvalue weighted by molar-refractivity contribution is 6.42. The van der Waals surface area contributed by atoms with E-state index in [2.05, 4.69) is 15.6 Å². The normalized spacial score (nSPS) is 17.2. The molecule has 1 amide bonds. The third-order valence-electron chi connectivity index (χ3n) is 5.49. The molecule has 28 heavy (non-hydrogen) atoms. The van der Waals surface area contributed by atoms with Gasteiger partial charge in [-0.25, -0.2) is 0 Å². The van der Waals surface area contributed by atoms with Crippen LogP contribution < -0.4 is 16.4 Å². The third-order valence-corrected chi connectivity index (χ3v) is 6.31. The molecule has 7 heteroatoms. The highest BCUT2D eigenvalue weighted by atomic mass is 35.5. The smallest absolute Gasteiger partial charge is 0.242 e. The van der Waals surface area contributed by atoms with Gasteiger partial charge in [0.15, 0.2) is 0 Å². The Bertz CT molecular complexity index is 796. The molecule has 0 aliphatic carbocycles. The standard InChI is InChI=1S/C21H26Cl2N4O/c22-18-3-1-2-17(19(18)23)21(20(24)28,14-16-6-11-26-12-7-16)27-13-8-15-4-9-25-10-5-15/h1-3,6-7,11-12,15,25,27H,4-5,8-10,13-14H2,(H2,24,28). The molecule has 1 aliphatic heterocycles. The number of amides is 1. The van der Waals surface area contributed by atoms with Gasteiger partial charge in [0.05, 0.1) is 10.0 Å². The summed E-state index contributed by atoms with van der Waals surface area (Å²) in [7, 11) is 0. The summed E-state index contributed by atoms with van der Waals surface area (Å²) in [5, 5.41) is 7.59. The molecule has 0 bridgehead atoms. The van der Waals surface area contributed by atoms with Crippen LogP contribution in [0.1, 0.15) is 30.4 Å². The zero-order valence-electron chi connectivity index (χ0n) is 15.8. The lowest BCUT2D eigenvalue weighted by molar-refractivity contribution is -0.124. The fraction of sp³-hybridized carbons (Fsp3) is 0.429. The van der Waals surface area contributed by atoms with Crippen LogP contribution in [-0.2, 0) is 16.8 Å². The second kappa shape index (κ2) is 9.70. The van der Waals surface area contributed by atoms with Crippen LogP contribution in [0.15, 0.2) is 42.7 Å². The van der Waals surface area contributed by atoms with Gasteiger partial charge in [0.25, 0.3) is 0 Å². The van der Waals surface area contributed by atoms with E-state index >= 15 is 0 Å². The van der Waals surface area contributed by atoms with Gasteiger partial charge in [0.1, 0.15) is 5.54 Å². The van der Waals surface area contributed by atoms with E-state index in [1.807, 2.05) is 18.2 Å². The van der Waals surface area contributed by atoms with Gasteiger partial charge in [-0.3, -0.25) is 15.1 Å². The number of primary amides is 1. The zero-order valence-corrected chi connectivity index (χ0v) is 17.3. The summed E-state index contributed by atoms with van der Waals surface area (Å²) >= 11 is 12.8. The third kappa shape index (κ3) is 4.84. The number of rotatable bonds is 8. The molecule has 1 aromatic carbocycles. The Kier molecular flexibility index (Phi) is 7.30. The van der Waals surface area contributed by atoms with Crippen molar-refractivity contribution in [1.82, 2.24) is 15.6 Å². The molecule has 1 saturated heterocycles. The van der Waals surface area contributed by atoms with E-state index in [0.29, 0.717) is 34.5 Å². The molecule has 3 rings (SSSR count). The average molecular weight is 421 g/mol. The largest absolute Gasteiger partial charge is 0.368 e. The van der Waals surface area contributed by atoms with Crippen LogP contribution in [-0.4, -0.2) is 30.5 Å². The Morgan fingerprint density at radius 2 is 1.93 bits per heavy atom.